The van der Waals surface area contributed by atoms with E-state index in [1.165, 1.54) is 44.1 Å². The van der Waals surface area contributed by atoms with Gasteiger partial charge in [-0.1, -0.05) is 66.4 Å². The average Bonchev–Trinajstić information content (AvgIpc) is 2.30. The van der Waals surface area contributed by atoms with Crippen molar-refractivity contribution in [1.29, 1.82) is 0 Å². The second-order valence-electron chi connectivity index (χ2n) is 6.50. The smallest absolute Gasteiger partial charge is 0.0798 e. The van der Waals surface area contributed by atoms with Crippen LogP contribution in [0.2, 0.25) is 0 Å². The molecule has 0 radical (unpaired) electrons. The van der Waals surface area contributed by atoms with Crippen molar-refractivity contribution >= 4 is 0 Å². The first-order chi connectivity index (χ1) is 8.43. The summed E-state index contributed by atoms with van der Waals surface area (Å²) in [6.45, 7) is 10.8. The van der Waals surface area contributed by atoms with E-state index in [9.17, 15) is 5.11 Å². The van der Waals surface area contributed by atoms with Crippen LogP contribution in [-0.2, 0) is 0 Å². The van der Waals surface area contributed by atoms with Gasteiger partial charge in [-0.15, -0.1) is 0 Å². The number of aliphatic hydroxyl groups excluding tert-OH is 1. The first kappa shape index (κ1) is 17.7. The van der Waals surface area contributed by atoms with Crippen molar-refractivity contribution in [1.82, 2.24) is 0 Å². The molecule has 0 saturated heterocycles. The topological polar surface area (TPSA) is 20.2 Å². The molecule has 1 N–H and O–H groups in total. The fourth-order valence-corrected chi connectivity index (χ4v) is 2.17. The van der Waals surface area contributed by atoms with Gasteiger partial charge in [-0.3, -0.25) is 0 Å². The number of allylic oxidation sites excluding steroid dienone is 1. The van der Waals surface area contributed by atoms with Crippen molar-refractivity contribution in [2.45, 2.75) is 92.1 Å². The molecule has 0 aromatic carbocycles. The Labute approximate surface area is 115 Å². The summed E-state index contributed by atoms with van der Waals surface area (Å²) in [5.74, 6) is 0. The SMILES string of the molecule is CCCCC/C=C(\CCCCC)C(O)C(C)(C)C. The molecule has 1 unspecified atom stereocenters. The zero-order valence-corrected chi connectivity index (χ0v) is 13.3. The van der Waals surface area contributed by atoms with Crippen LogP contribution in [0.1, 0.15) is 86.0 Å². The summed E-state index contributed by atoms with van der Waals surface area (Å²) in [7, 11) is 0. The van der Waals surface area contributed by atoms with Gasteiger partial charge in [-0.2, -0.15) is 0 Å². The second kappa shape index (κ2) is 9.61. The van der Waals surface area contributed by atoms with Crippen molar-refractivity contribution in [2.75, 3.05) is 0 Å². The molecular weight excluding hydrogens is 220 g/mol. The highest BCUT2D eigenvalue weighted by Crippen LogP contribution is 2.28. The zero-order chi connectivity index (χ0) is 14.0. The number of unbranched alkanes of at least 4 members (excludes halogenated alkanes) is 5. The molecule has 1 nitrogen and oxygen atoms in total. The third kappa shape index (κ3) is 7.92. The molecule has 0 amide bonds. The monoisotopic (exact) mass is 254 g/mol. The maximum absolute atomic E-state index is 10.4. The van der Waals surface area contributed by atoms with E-state index in [2.05, 4.69) is 40.7 Å². The van der Waals surface area contributed by atoms with E-state index in [-0.39, 0.29) is 11.5 Å². The van der Waals surface area contributed by atoms with Gasteiger partial charge in [0.15, 0.2) is 0 Å². The molecule has 0 rings (SSSR count). The van der Waals surface area contributed by atoms with Gasteiger partial charge in [0.2, 0.25) is 0 Å². The van der Waals surface area contributed by atoms with Gasteiger partial charge < -0.3 is 5.11 Å². The number of hydrogen-bond acceptors (Lipinski definition) is 1. The van der Waals surface area contributed by atoms with Crippen LogP contribution in [-0.4, -0.2) is 11.2 Å². The molecule has 0 aliphatic rings. The van der Waals surface area contributed by atoms with E-state index in [0.717, 1.165) is 12.8 Å². The van der Waals surface area contributed by atoms with E-state index in [1.54, 1.807) is 0 Å². The molecule has 108 valence electrons. The summed E-state index contributed by atoms with van der Waals surface area (Å²) < 4.78 is 0. The van der Waals surface area contributed by atoms with Crippen LogP contribution in [0.4, 0.5) is 0 Å². The van der Waals surface area contributed by atoms with Crippen LogP contribution in [0.3, 0.4) is 0 Å². The summed E-state index contributed by atoms with van der Waals surface area (Å²) in [4.78, 5) is 0. The van der Waals surface area contributed by atoms with Gasteiger partial charge in [0.1, 0.15) is 0 Å². The lowest BCUT2D eigenvalue weighted by atomic mass is 9.82. The zero-order valence-electron chi connectivity index (χ0n) is 13.3. The minimum absolute atomic E-state index is 0.0389. The van der Waals surface area contributed by atoms with E-state index in [0.29, 0.717) is 0 Å². The molecule has 0 saturated carbocycles. The van der Waals surface area contributed by atoms with Crippen molar-refractivity contribution in [3.8, 4) is 0 Å². The van der Waals surface area contributed by atoms with Crippen LogP contribution in [0.5, 0.6) is 0 Å². The number of rotatable bonds is 9. The van der Waals surface area contributed by atoms with Crippen molar-refractivity contribution in [2.24, 2.45) is 5.41 Å². The largest absolute Gasteiger partial charge is 0.388 e. The van der Waals surface area contributed by atoms with Gasteiger partial charge in [-0.05, 0) is 36.7 Å². The summed E-state index contributed by atoms with van der Waals surface area (Å²) in [6.07, 6.45) is 11.8. The fourth-order valence-electron chi connectivity index (χ4n) is 2.17. The molecule has 18 heavy (non-hydrogen) atoms. The molecule has 0 heterocycles. The van der Waals surface area contributed by atoms with E-state index in [1.807, 2.05) is 0 Å². The summed E-state index contributed by atoms with van der Waals surface area (Å²) in [5, 5.41) is 10.4. The van der Waals surface area contributed by atoms with Crippen LogP contribution in [0.15, 0.2) is 11.6 Å². The Morgan fingerprint density at radius 2 is 1.56 bits per heavy atom. The summed E-state index contributed by atoms with van der Waals surface area (Å²) >= 11 is 0. The number of aliphatic hydroxyl groups is 1. The number of hydrogen-bond donors (Lipinski definition) is 1. The third-order valence-electron chi connectivity index (χ3n) is 3.45. The van der Waals surface area contributed by atoms with Crippen molar-refractivity contribution in [3.05, 3.63) is 11.6 Å². The van der Waals surface area contributed by atoms with E-state index >= 15 is 0 Å². The molecule has 0 aliphatic heterocycles. The Kier molecular flexibility index (Phi) is 9.45. The average molecular weight is 254 g/mol. The Morgan fingerprint density at radius 3 is 2.06 bits per heavy atom. The van der Waals surface area contributed by atoms with Crippen LogP contribution in [0.25, 0.3) is 0 Å². The lowest BCUT2D eigenvalue weighted by Gasteiger charge is -2.28. The Balaban J connectivity index is 4.40. The Hall–Kier alpha value is -0.300. The molecule has 1 heteroatoms. The molecule has 0 aromatic rings. The van der Waals surface area contributed by atoms with Crippen LogP contribution < -0.4 is 0 Å². The Bertz CT molecular complexity index is 222. The van der Waals surface area contributed by atoms with Crippen LogP contribution >= 0.6 is 0 Å². The molecular formula is C17H34O. The summed E-state index contributed by atoms with van der Waals surface area (Å²) in [5.41, 5.74) is 1.23. The fraction of sp³-hybridized carbons (Fsp3) is 0.882. The normalized spacial score (nSPS) is 14.9. The molecule has 0 bridgehead atoms. The minimum atomic E-state index is -0.281. The van der Waals surface area contributed by atoms with Gasteiger partial charge in [-0.25, -0.2) is 0 Å². The van der Waals surface area contributed by atoms with Gasteiger partial charge in [0.25, 0.3) is 0 Å². The predicted molar refractivity (Wildman–Crippen MR) is 81.8 cm³/mol. The third-order valence-corrected chi connectivity index (χ3v) is 3.45. The lowest BCUT2D eigenvalue weighted by molar-refractivity contribution is 0.0911. The highest BCUT2D eigenvalue weighted by Gasteiger charge is 2.24. The van der Waals surface area contributed by atoms with Gasteiger partial charge >= 0.3 is 0 Å². The Morgan fingerprint density at radius 1 is 1.00 bits per heavy atom. The maximum atomic E-state index is 10.4. The van der Waals surface area contributed by atoms with Crippen molar-refractivity contribution in [3.63, 3.8) is 0 Å². The van der Waals surface area contributed by atoms with Crippen LogP contribution in [0, 0.1) is 5.41 Å². The van der Waals surface area contributed by atoms with Crippen molar-refractivity contribution < 1.29 is 5.11 Å². The first-order valence-corrected chi connectivity index (χ1v) is 7.80. The second-order valence-corrected chi connectivity index (χ2v) is 6.50. The quantitative estimate of drug-likeness (QED) is 0.426. The van der Waals surface area contributed by atoms with Gasteiger partial charge in [0, 0.05) is 0 Å². The van der Waals surface area contributed by atoms with Gasteiger partial charge in [0.05, 0.1) is 6.10 Å². The first-order valence-electron chi connectivity index (χ1n) is 7.80. The molecule has 0 fully saturated rings. The molecule has 0 aliphatic carbocycles. The highest BCUT2D eigenvalue weighted by atomic mass is 16.3. The molecule has 0 spiro atoms. The van der Waals surface area contributed by atoms with E-state index in [4.69, 9.17) is 0 Å². The molecule has 1 atom stereocenters. The standard InChI is InChI=1S/C17H34O/c1-6-8-10-12-14-15(13-11-9-7-2)16(18)17(3,4)5/h14,16,18H,6-13H2,1-5H3/b15-14+. The molecule has 0 aromatic heterocycles. The van der Waals surface area contributed by atoms with E-state index < -0.39 is 0 Å². The minimum Gasteiger partial charge on any atom is -0.388 e. The predicted octanol–water partition coefficient (Wildman–Crippen LogP) is 5.48. The lowest BCUT2D eigenvalue weighted by Crippen LogP contribution is -2.28. The summed E-state index contributed by atoms with van der Waals surface area (Å²) in [6, 6.07) is 0. The highest BCUT2D eigenvalue weighted by molar-refractivity contribution is 5.11. The maximum Gasteiger partial charge on any atom is 0.0798 e.